The van der Waals surface area contributed by atoms with Crippen LogP contribution in [0.15, 0.2) is 60.7 Å². The Morgan fingerprint density at radius 3 is 2.56 bits per heavy atom. The Morgan fingerprint density at radius 2 is 1.68 bits per heavy atom. The maximum atomic E-state index is 12.4. The van der Waals surface area contributed by atoms with E-state index in [0.29, 0.717) is 17.2 Å². The number of rotatable bonds is 4. The van der Waals surface area contributed by atoms with Crippen molar-refractivity contribution in [1.29, 1.82) is 0 Å². The predicted octanol–water partition coefficient (Wildman–Crippen LogP) is 4.01. The van der Waals surface area contributed by atoms with Gasteiger partial charge in [-0.3, -0.25) is 4.79 Å². The molecule has 0 aliphatic carbocycles. The quantitative estimate of drug-likeness (QED) is 0.757. The van der Waals surface area contributed by atoms with Crippen LogP contribution in [0.2, 0.25) is 0 Å². The molecule has 0 spiro atoms. The van der Waals surface area contributed by atoms with Crippen molar-refractivity contribution in [2.24, 2.45) is 0 Å². The number of fused-ring (bicyclic) bond motifs is 2. The molecule has 0 saturated heterocycles. The lowest BCUT2D eigenvalue weighted by molar-refractivity contribution is -0.116. The van der Waals surface area contributed by atoms with Gasteiger partial charge in [0.05, 0.1) is 0 Å². The van der Waals surface area contributed by atoms with E-state index in [1.165, 1.54) is 5.39 Å². The monoisotopic (exact) mass is 334 g/mol. The first-order valence-electron chi connectivity index (χ1n) is 8.15. The Bertz CT molecular complexity index is 939. The molecule has 4 rings (SSSR count). The minimum Gasteiger partial charge on any atom is -0.454 e. The molecule has 0 aromatic heterocycles. The van der Waals surface area contributed by atoms with E-state index in [4.69, 9.17) is 9.47 Å². The van der Waals surface area contributed by atoms with Gasteiger partial charge >= 0.3 is 0 Å². The molecule has 1 aliphatic heterocycles. The van der Waals surface area contributed by atoms with Crippen LogP contribution >= 0.6 is 0 Å². The third-order valence-electron chi connectivity index (χ3n) is 4.17. The molecule has 3 aromatic carbocycles. The first kappa shape index (κ1) is 15.3. The molecule has 1 atom stereocenters. The zero-order chi connectivity index (χ0) is 17.2. The summed E-state index contributed by atoms with van der Waals surface area (Å²) in [7, 11) is 0. The summed E-state index contributed by atoms with van der Waals surface area (Å²) in [4.78, 5) is 12.4. The van der Waals surface area contributed by atoms with Crippen molar-refractivity contribution in [3.8, 4) is 11.5 Å². The highest BCUT2D eigenvalue weighted by atomic mass is 16.7. The Labute approximate surface area is 145 Å². The van der Waals surface area contributed by atoms with Crippen LogP contribution in [0.1, 0.15) is 6.92 Å². The van der Waals surface area contributed by atoms with Gasteiger partial charge in [-0.25, -0.2) is 0 Å². The molecule has 0 fully saturated rings. The number of ether oxygens (including phenoxy) is 2. The van der Waals surface area contributed by atoms with Crippen LogP contribution in [0.5, 0.6) is 11.5 Å². The lowest BCUT2D eigenvalue weighted by atomic mass is 10.1. The largest absolute Gasteiger partial charge is 0.454 e. The van der Waals surface area contributed by atoms with Crippen molar-refractivity contribution < 1.29 is 14.3 Å². The maximum Gasteiger partial charge on any atom is 0.246 e. The first-order chi connectivity index (χ1) is 12.2. The lowest BCUT2D eigenvalue weighted by Gasteiger charge is -2.16. The molecule has 5 nitrogen and oxygen atoms in total. The Balaban J connectivity index is 1.44. The highest BCUT2D eigenvalue weighted by Crippen LogP contribution is 2.34. The molecular weight excluding hydrogens is 316 g/mol. The molecule has 0 bridgehead atoms. The van der Waals surface area contributed by atoms with E-state index in [0.717, 1.165) is 11.1 Å². The van der Waals surface area contributed by atoms with E-state index in [1.54, 1.807) is 18.2 Å². The average molecular weight is 334 g/mol. The van der Waals surface area contributed by atoms with E-state index < -0.39 is 0 Å². The molecule has 2 N–H and O–H groups in total. The van der Waals surface area contributed by atoms with Gasteiger partial charge in [0.1, 0.15) is 6.04 Å². The van der Waals surface area contributed by atoms with E-state index in [2.05, 4.69) is 22.8 Å². The van der Waals surface area contributed by atoms with Crippen LogP contribution in [0.3, 0.4) is 0 Å². The van der Waals surface area contributed by atoms with Crippen LogP contribution in [0.25, 0.3) is 10.8 Å². The second-order valence-electron chi connectivity index (χ2n) is 5.99. The SMILES string of the molecule is C[C@@H](Nc1ccc2ccccc2c1)C(=O)Nc1ccc2c(c1)OCO2. The van der Waals surface area contributed by atoms with Gasteiger partial charge < -0.3 is 20.1 Å². The summed E-state index contributed by atoms with van der Waals surface area (Å²) in [6.07, 6.45) is 0. The average Bonchev–Trinajstić information content (AvgIpc) is 3.09. The zero-order valence-corrected chi connectivity index (χ0v) is 13.8. The smallest absolute Gasteiger partial charge is 0.246 e. The second kappa shape index (κ2) is 6.36. The molecule has 0 radical (unpaired) electrons. The van der Waals surface area contributed by atoms with E-state index in [9.17, 15) is 4.79 Å². The van der Waals surface area contributed by atoms with Crippen molar-refractivity contribution in [1.82, 2.24) is 0 Å². The van der Waals surface area contributed by atoms with Crippen molar-refractivity contribution >= 4 is 28.1 Å². The topological polar surface area (TPSA) is 59.6 Å². The number of carbonyl (C=O) groups excluding carboxylic acids is 1. The highest BCUT2D eigenvalue weighted by Gasteiger charge is 2.17. The fourth-order valence-electron chi connectivity index (χ4n) is 2.82. The number of hydrogen-bond donors (Lipinski definition) is 2. The first-order valence-corrected chi connectivity index (χ1v) is 8.15. The minimum absolute atomic E-state index is 0.118. The summed E-state index contributed by atoms with van der Waals surface area (Å²) >= 11 is 0. The molecule has 3 aromatic rings. The van der Waals surface area contributed by atoms with Gasteiger partial charge in [-0.15, -0.1) is 0 Å². The van der Waals surface area contributed by atoms with Crippen molar-refractivity contribution in [3.63, 3.8) is 0 Å². The van der Waals surface area contributed by atoms with Gasteiger partial charge in [-0.1, -0.05) is 30.3 Å². The Morgan fingerprint density at radius 1 is 0.920 bits per heavy atom. The van der Waals surface area contributed by atoms with Crippen LogP contribution in [0, 0.1) is 0 Å². The molecule has 1 heterocycles. The number of amides is 1. The Hall–Kier alpha value is -3.21. The fourth-order valence-corrected chi connectivity index (χ4v) is 2.82. The summed E-state index contributed by atoms with van der Waals surface area (Å²) in [6.45, 7) is 2.05. The van der Waals surface area contributed by atoms with Gasteiger partial charge in [0.15, 0.2) is 11.5 Å². The molecule has 0 unspecified atom stereocenters. The fraction of sp³-hybridized carbons (Fsp3) is 0.150. The molecule has 25 heavy (non-hydrogen) atoms. The van der Waals surface area contributed by atoms with Gasteiger partial charge in [0.2, 0.25) is 12.7 Å². The summed E-state index contributed by atoms with van der Waals surface area (Å²) < 4.78 is 10.6. The van der Waals surface area contributed by atoms with Crippen LogP contribution in [-0.2, 0) is 4.79 Å². The van der Waals surface area contributed by atoms with Crippen molar-refractivity contribution in [2.45, 2.75) is 13.0 Å². The number of anilines is 2. The van der Waals surface area contributed by atoms with Gasteiger partial charge in [-0.05, 0) is 42.0 Å². The Kier molecular flexibility index (Phi) is 3.90. The second-order valence-corrected chi connectivity index (χ2v) is 5.99. The predicted molar refractivity (Wildman–Crippen MR) is 98.2 cm³/mol. The van der Waals surface area contributed by atoms with Crippen LogP contribution < -0.4 is 20.1 Å². The maximum absolute atomic E-state index is 12.4. The molecule has 126 valence electrons. The van der Waals surface area contributed by atoms with Crippen LogP contribution in [-0.4, -0.2) is 18.7 Å². The third kappa shape index (κ3) is 3.21. The molecule has 5 heteroatoms. The van der Waals surface area contributed by atoms with Gasteiger partial charge in [-0.2, -0.15) is 0 Å². The van der Waals surface area contributed by atoms with Crippen molar-refractivity contribution in [2.75, 3.05) is 17.4 Å². The van der Waals surface area contributed by atoms with E-state index >= 15 is 0 Å². The van der Waals surface area contributed by atoms with E-state index in [1.807, 2.05) is 37.3 Å². The molecule has 1 amide bonds. The number of hydrogen-bond acceptors (Lipinski definition) is 4. The van der Waals surface area contributed by atoms with Gasteiger partial charge in [0.25, 0.3) is 0 Å². The summed E-state index contributed by atoms with van der Waals surface area (Å²) in [5.41, 5.74) is 1.59. The number of benzene rings is 3. The molecule has 0 saturated carbocycles. The van der Waals surface area contributed by atoms with E-state index in [-0.39, 0.29) is 18.7 Å². The molecule has 1 aliphatic rings. The summed E-state index contributed by atoms with van der Waals surface area (Å²) in [5.74, 6) is 1.22. The van der Waals surface area contributed by atoms with Crippen LogP contribution in [0.4, 0.5) is 11.4 Å². The number of carbonyl (C=O) groups is 1. The van der Waals surface area contributed by atoms with Crippen molar-refractivity contribution in [3.05, 3.63) is 60.7 Å². The normalized spacial score (nSPS) is 13.5. The third-order valence-corrected chi connectivity index (χ3v) is 4.17. The summed E-state index contributed by atoms with van der Waals surface area (Å²) in [5, 5.41) is 8.44. The van der Waals surface area contributed by atoms with Gasteiger partial charge in [0, 0.05) is 17.4 Å². The standard InChI is InChI=1S/C20H18N2O3/c1-13(21-16-7-6-14-4-2-3-5-15(14)10-16)20(23)22-17-8-9-18-19(11-17)25-12-24-18/h2-11,13,21H,12H2,1H3,(H,22,23)/t13-/m1/s1. The molecular formula is C20H18N2O3. The minimum atomic E-state index is -0.383. The zero-order valence-electron chi connectivity index (χ0n) is 13.8. The lowest BCUT2D eigenvalue weighted by Crippen LogP contribution is -2.31. The summed E-state index contributed by atoms with van der Waals surface area (Å²) in [6, 6.07) is 19.2. The number of nitrogens with one attached hydrogen (secondary N) is 2. The highest BCUT2D eigenvalue weighted by molar-refractivity contribution is 5.97.